The van der Waals surface area contributed by atoms with E-state index in [0.717, 1.165) is 6.07 Å². The summed E-state index contributed by atoms with van der Waals surface area (Å²) in [7, 11) is 0. The predicted molar refractivity (Wildman–Crippen MR) is 43.5 cm³/mol. The summed E-state index contributed by atoms with van der Waals surface area (Å²) in [6.07, 6.45) is -4.56. The Labute approximate surface area is 83.0 Å². The van der Waals surface area contributed by atoms with E-state index in [9.17, 15) is 17.6 Å². The maximum absolute atomic E-state index is 12.7. The molecule has 0 spiro atoms. The molecule has 0 aliphatic heterocycles. The smallest absolute Gasteiger partial charge is 0.408 e. The normalized spacial score (nSPS) is 10.6. The molecule has 1 aromatic rings. The highest BCUT2D eigenvalue weighted by Gasteiger charge is 2.31. The van der Waals surface area contributed by atoms with Gasteiger partial charge in [-0.1, -0.05) is 0 Å². The number of halogens is 5. The quantitative estimate of drug-likeness (QED) is 0.595. The molecule has 0 fully saturated rings. The van der Waals surface area contributed by atoms with Crippen molar-refractivity contribution in [3.63, 3.8) is 0 Å². The lowest BCUT2D eigenvalue weighted by atomic mass is 10.2. The second-order valence-corrected chi connectivity index (χ2v) is 2.26. The molecule has 0 saturated heterocycles. The molecule has 2 N–H and O–H groups in total. The lowest BCUT2D eigenvalue weighted by Crippen LogP contribution is -2.08. The summed E-state index contributed by atoms with van der Waals surface area (Å²) in [5.74, 6) is 3.02. The van der Waals surface area contributed by atoms with Crippen LogP contribution in [0, 0.1) is 5.82 Å². The van der Waals surface area contributed by atoms with E-state index >= 15 is 0 Å². The first-order chi connectivity index (χ1) is 5.95. The molecule has 7 heteroatoms. The zero-order valence-electron chi connectivity index (χ0n) is 6.64. The van der Waals surface area contributed by atoms with E-state index in [2.05, 4.69) is 10.7 Å². The Hall–Kier alpha value is -1.01. The molecule has 0 unspecified atom stereocenters. The minimum Gasteiger partial charge on any atom is -0.408 e. The fourth-order valence-electron chi connectivity index (χ4n) is 0.773. The minimum absolute atomic E-state index is 0. The molecule has 0 radical (unpaired) electrons. The van der Waals surface area contributed by atoms with Crippen LogP contribution in [0.15, 0.2) is 18.2 Å². The van der Waals surface area contributed by atoms with Crippen molar-refractivity contribution in [2.75, 3.05) is 0 Å². The van der Waals surface area contributed by atoms with Gasteiger partial charge in [-0.3, -0.25) is 0 Å². The molecule has 80 valence electrons. The van der Waals surface area contributed by atoms with Gasteiger partial charge in [0.15, 0.2) is 11.6 Å². The zero-order valence-corrected chi connectivity index (χ0v) is 7.45. The molecule has 0 aliphatic carbocycles. The second kappa shape index (κ2) is 4.47. The Morgan fingerprint density at radius 1 is 1.21 bits per heavy atom. The number of hydrogen-bond donors (Lipinski definition) is 1. The highest BCUT2D eigenvalue weighted by Crippen LogP contribution is 2.31. The highest BCUT2D eigenvalue weighted by molar-refractivity contribution is 5.85. The molecule has 0 amide bonds. The van der Waals surface area contributed by atoms with Gasteiger partial charge >= 0.3 is 6.18 Å². The van der Waals surface area contributed by atoms with Crippen molar-refractivity contribution in [3.8, 4) is 5.75 Å². The summed E-state index contributed by atoms with van der Waals surface area (Å²) in [5, 5.41) is 0. The van der Waals surface area contributed by atoms with Crippen molar-refractivity contribution in [1.82, 2.24) is 0 Å². The van der Waals surface area contributed by atoms with Gasteiger partial charge in [-0.2, -0.15) is 19.1 Å². The number of benzene rings is 1. The molecule has 0 aliphatic rings. The SMILES string of the molecule is Cl.NOc1ccc(C(F)(F)F)cc1F. The third-order valence-electron chi connectivity index (χ3n) is 1.39. The lowest BCUT2D eigenvalue weighted by molar-refractivity contribution is -0.137. The lowest BCUT2D eigenvalue weighted by Gasteiger charge is -2.07. The van der Waals surface area contributed by atoms with Crippen molar-refractivity contribution in [2.45, 2.75) is 6.18 Å². The maximum atomic E-state index is 12.7. The van der Waals surface area contributed by atoms with Crippen molar-refractivity contribution in [3.05, 3.63) is 29.6 Å². The topological polar surface area (TPSA) is 35.2 Å². The molecule has 14 heavy (non-hydrogen) atoms. The second-order valence-electron chi connectivity index (χ2n) is 2.26. The molecule has 0 aromatic heterocycles. The summed E-state index contributed by atoms with van der Waals surface area (Å²) in [4.78, 5) is 3.97. The molecule has 0 atom stereocenters. The molecule has 2 nitrogen and oxygen atoms in total. The summed E-state index contributed by atoms with van der Waals surface area (Å²) in [6.45, 7) is 0. The van der Waals surface area contributed by atoms with Crippen LogP contribution >= 0.6 is 12.4 Å². The summed E-state index contributed by atoms with van der Waals surface area (Å²) in [5.41, 5.74) is -1.08. The summed E-state index contributed by atoms with van der Waals surface area (Å²) < 4.78 is 48.6. The molecule has 0 bridgehead atoms. The van der Waals surface area contributed by atoms with Gasteiger partial charge in [0, 0.05) is 0 Å². The van der Waals surface area contributed by atoms with E-state index < -0.39 is 23.3 Å². The Bertz CT molecular complexity index is 315. The van der Waals surface area contributed by atoms with Crippen molar-refractivity contribution in [1.29, 1.82) is 0 Å². The largest absolute Gasteiger partial charge is 0.416 e. The van der Waals surface area contributed by atoms with Crippen molar-refractivity contribution in [2.24, 2.45) is 5.90 Å². The third kappa shape index (κ3) is 2.74. The van der Waals surface area contributed by atoms with Crippen LogP contribution in [0.25, 0.3) is 0 Å². The first-order valence-electron chi connectivity index (χ1n) is 3.18. The molecule has 1 aromatic carbocycles. The van der Waals surface area contributed by atoms with E-state index in [1.54, 1.807) is 0 Å². The van der Waals surface area contributed by atoms with Crippen LogP contribution in [-0.2, 0) is 6.18 Å². The first-order valence-corrected chi connectivity index (χ1v) is 3.18. The monoisotopic (exact) mass is 231 g/mol. The van der Waals surface area contributed by atoms with E-state index in [0.29, 0.717) is 12.1 Å². The number of hydrogen-bond acceptors (Lipinski definition) is 2. The zero-order chi connectivity index (χ0) is 10.1. The Kier molecular flexibility index (Phi) is 4.15. The van der Waals surface area contributed by atoms with Gasteiger partial charge in [0.1, 0.15) is 0 Å². The average Bonchev–Trinajstić information content (AvgIpc) is 2.02. The maximum Gasteiger partial charge on any atom is 0.416 e. The average molecular weight is 232 g/mol. The molecular formula is C7H6ClF4NO. The van der Waals surface area contributed by atoms with E-state index in [1.807, 2.05) is 0 Å². The number of rotatable bonds is 1. The Balaban J connectivity index is 0.00000169. The predicted octanol–water partition coefficient (Wildman–Crippen LogP) is 2.52. The Morgan fingerprint density at radius 2 is 1.79 bits per heavy atom. The third-order valence-corrected chi connectivity index (χ3v) is 1.39. The summed E-state index contributed by atoms with van der Waals surface area (Å²) >= 11 is 0. The van der Waals surface area contributed by atoms with E-state index in [4.69, 9.17) is 0 Å². The Morgan fingerprint density at radius 3 is 2.14 bits per heavy atom. The van der Waals surface area contributed by atoms with Crippen LogP contribution < -0.4 is 10.7 Å². The van der Waals surface area contributed by atoms with Crippen molar-refractivity contribution >= 4 is 12.4 Å². The fraction of sp³-hybridized carbons (Fsp3) is 0.143. The van der Waals surface area contributed by atoms with E-state index in [-0.39, 0.29) is 12.4 Å². The van der Waals surface area contributed by atoms with Gasteiger partial charge in [0.05, 0.1) is 5.56 Å². The van der Waals surface area contributed by atoms with Crippen LogP contribution in [0.5, 0.6) is 5.75 Å². The standard InChI is InChI=1S/C7H5F4NO.ClH/c8-5-3-4(7(9,10)11)1-2-6(5)13-12;/h1-3H,12H2;1H. The molecule has 1 rings (SSSR count). The minimum atomic E-state index is -4.56. The van der Waals surface area contributed by atoms with Gasteiger partial charge in [0.2, 0.25) is 0 Å². The highest BCUT2D eigenvalue weighted by atomic mass is 35.5. The van der Waals surface area contributed by atoms with Crippen molar-refractivity contribution < 1.29 is 22.4 Å². The van der Waals surface area contributed by atoms with Gasteiger partial charge in [-0.25, -0.2) is 4.39 Å². The molecule has 0 heterocycles. The van der Waals surface area contributed by atoms with Crippen LogP contribution in [0.4, 0.5) is 17.6 Å². The van der Waals surface area contributed by atoms with Crippen LogP contribution in [0.3, 0.4) is 0 Å². The number of alkyl halides is 3. The van der Waals surface area contributed by atoms with Crippen LogP contribution in [0.2, 0.25) is 0 Å². The summed E-state index contributed by atoms with van der Waals surface area (Å²) in [6, 6.07) is 1.83. The molecular weight excluding hydrogens is 226 g/mol. The van der Waals surface area contributed by atoms with Gasteiger partial charge in [0.25, 0.3) is 0 Å². The van der Waals surface area contributed by atoms with E-state index in [1.165, 1.54) is 0 Å². The first kappa shape index (κ1) is 13.0. The fourth-order valence-corrected chi connectivity index (χ4v) is 0.773. The van der Waals surface area contributed by atoms with Gasteiger partial charge in [-0.15, -0.1) is 12.4 Å². The van der Waals surface area contributed by atoms with Crippen LogP contribution in [0.1, 0.15) is 5.56 Å². The van der Waals surface area contributed by atoms with Gasteiger partial charge < -0.3 is 4.84 Å². The van der Waals surface area contributed by atoms with Crippen LogP contribution in [-0.4, -0.2) is 0 Å². The molecule has 0 saturated carbocycles. The van der Waals surface area contributed by atoms with Gasteiger partial charge in [-0.05, 0) is 18.2 Å². The number of nitrogens with two attached hydrogens (primary N) is 1.